The molecule has 1 fully saturated rings. The monoisotopic (exact) mass is 434 g/mol. The molecule has 1 N–H and O–H groups in total. The number of hydrogen-bond acceptors (Lipinski definition) is 6. The molecule has 2 aromatic rings. The second kappa shape index (κ2) is 7.96. The number of piperazine rings is 1. The molecule has 2 aliphatic heterocycles. The van der Waals surface area contributed by atoms with Gasteiger partial charge in [0.1, 0.15) is 0 Å². The minimum absolute atomic E-state index is 0.148. The maximum absolute atomic E-state index is 9.95. The van der Waals surface area contributed by atoms with Crippen LogP contribution in [0.25, 0.3) is 0 Å². The Balaban J connectivity index is 1.32. The Morgan fingerprint density at radius 2 is 1.63 bits per heavy atom. The van der Waals surface area contributed by atoms with Crippen LogP contribution in [0.5, 0.6) is 23.0 Å². The molecule has 0 saturated carbocycles. The molecule has 0 bridgehead atoms. The summed E-state index contributed by atoms with van der Waals surface area (Å²) in [7, 11) is 1.57. The van der Waals surface area contributed by atoms with Gasteiger partial charge in [0.05, 0.1) is 11.6 Å². The third kappa shape index (κ3) is 4.15. The number of methoxy groups -OCH3 is 1. The predicted molar refractivity (Wildman–Crippen MR) is 105 cm³/mol. The Morgan fingerprint density at radius 1 is 0.963 bits per heavy atom. The molecule has 0 spiro atoms. The fourth-order valence-corrected chi connectivity index (χ4v) is 4.02. The molecular formula is C20H23BrN2O4. The van der Waals surface area contributed by atoms with Crippen LogP contribution in [0.15, 0.2) is 34.8 Å². The van der Waals surface area contributed by atoms with E-state index in [1.54, 1.807) is 7.11 Å². The third-order valence-corrected chi connectivity index (χ3v) is 5.63. The molecule has 7 heteroatoms. The second-order valence-corrected chi connectivity index (χ2v) is 7.72. The summed E-state index contributed by atoms with van der Waals surface area (Å²) in [6.45, 7) is 6.12. The summed E-state index contributed by atoms with van der Waals surface area (Å²) in [5.74, 6) is 2.33. The van der Waals surface area contributed by atoms with E-state index in [9.17, 15) is 5.11 Å². The van der Waals surface area contributed by atoms with E-state index in [4.69, 9.17) is 14.2 Å². The molecule has 0 amide bonds. The van der Waals surface area contributed by atoms with Crippen molar-refractivity contribution >= 4 is 15.9 Å². The average Bonchev–Trinajstić information content (AvgIpc) is 3.14. The number of benzene rings is 2. The Bertz CT molecular complexity index is 822. The van der Waals surface area contributed by atoms with Gasteiger partial charge in [-0.2, -0.15) is 0 Å². The highest BCUT2D eigenvalue weighted by Crippen LogP contribution is 2.36. The van der Waals surface area contributed by atoms with Gasteiger partial charge in [-0.15, -0.1) is 0 Å². The number of rotatable bonds is 5. The first-order valence-corrected chi connectivity index (χ1v) is 9.80. The van der Waals surface area contributed by atoms with Gasteiger partial charge in [0.15, 0.2) is 23.0 Å². The van der Waals surface area contributed by atoms with Crippen molar-refractivity contribution in [1.82, 2.24) is 9.80 Å². The molecule has 6 nitrogen and oxygen atoms in total. The number of fused-ring (bicyclic) bond motifs is 1. The molecule has 2 aliphatic rings. The van der Waals surface area contributed by atoms with Crippen LogP contribution in [-0.2, 0) is 13.1 Å². The zero-order valence-electron chi connectivity index (χ0n) is 15.3. The summed E-state index contributed by atoms with van der Waals surface area (Å²) < 4.78 is 16.8. The summed E-state index contributed by atoms with van der Waals surface area (Å²) in [6, 6.07) is 10.0. The fraction of sp³-hybridized carbons (Fsp3) is 0.400. The van der Waals surface area contributed by atoms with Gasteiger partial charge in [-0.1, -0.05) is 6.07 Å². The summed E-state index contributed by atoms with van der Waals surface area (Å²) in [4.78, 5) is 4.88. The predicted octanol–water partition coefficient (Wildman–Crippen LogP) is 3.21. The van der Waals surface area contributed by atoms with Crippen molar-refractivity contribution in [2.75, 3.05) is 40.1 Å². The van der Waals surface area contributed by atoms with Crippen molar-refractivity contribution in [2.45, 2.75) is 13.1 Å². The largest absolute Gasteiger partial charge is 0.503 e. The fourth-order valence-electron chi connectivity index (χ4n) is 3.54. The van der Waals surface area contributed by atoms with Crippen molar-refractivity contribution in [3.8, 4) is 23.0 Å². The van der Waals surface area contributed by atoms with Gasteiger partial charge in [-0.25, -0.2) is 0 Å². The van der Waals surface area contributed by atoms with E-state index in [0.717, 1.165) is 56.3 Å². The summed E-state index contributed by atoms with van der Waals surface area (Å²) >= 11 is 3.39. The van der Waals surface area contributed by atoms with Crippen LogP contribution in [0.1, 0.15) is 11.1 Å². The van der Waals surface area contributed by atoms with Gasteiger partial charge < -0.3 is 19.3 Å². The van der Waals surface area contributed by atoms with Crippen LogP contribution < -0.4 is 14.2 Å². The highest BCUT2D eigenvalue weighted by molar-refractivity contribution is 9.10. The minimum atomic E-state index is 0.148. The molecule has 0 aromatic heterocycles. The lowest BCUT2D eigenvalue weighted by atomic mass is 10.1. The Hall–Kier alpha value is -1.96. The van der Waals surface area contributed by atoms with Crippen molar-refractivity contribution in [3.05, 3.63) is 45.9 Å². The maximum atomic E-state index is 9.95. The molecular weight excluding hydrogens is 412 g/mol. The van der Waals surface area contributed by atoms with Crippen LogP contribution in [0.3, 0.4) is 0 Å². The van der Waals surface area contributed by atoms with Gasteiger partial charge in [-0.05, 0) is 51.3 Å². The third-order valence-electron chi connectivity index (χ3n) is 5.02. The Kier molecular flexibility index (Phi) is 5.43. The highest BCUT2D eigenvalue weighted by atomic mass is 79.9. The van der Waals surface area contributed by atoms with Gasteiger partial charge in [0, 0.05) is 39.3 Å². The van der Waals surface area contributed by atoms with Crippen LogP contribution >= 0.6 is 15.9 Å². The van der Waals surface area contributed by atoms with E-state index >= 15 is 0 Å². The number of aromatic hydroxyl groups is 1. The highest BCUT2D eigenvalue weighted by Gasteiger charge is 2.20. The number of hydrogen-bond donors (Lipinski definition) is 1. The molecule has 2 heterocycles. The molecule has 0 unspecified atom stereocenters. The number of phenolic OH excluding ortho intramolecular Hbond substituents is 1. The van der Waals surface area contributed by atoms with E-state index in [-0.39, 0.29) is 5.75 Å². The van der Waals surface area contributed by atoms with Crippen LogP contribution in [0.4, 0.5) is 0 Å². The lowest BCUT2D eigenvalue weighted by Gasteiger charge is -2.34. The Labute approximate surface area is 167 Å². The first-order chi connectivity index (χ1) is 13.1. The van der Waals surface area contributed by atoms with E-state index in [2.05, 4.69) is 37.9 Å². The summed E-state index contributed by atoms with van der Waals surface area (Å²) in [5, 5.41) is 9.95. The smallest absolute Gasteiger partial charge is 0.231 e. The van der Waals surface area contributed by atoms with E-state index < -0.39 is 0 Å². The molecule has 0 radical (unpaired) electrons. The zero-order chi connectivity index (χ0) is 18.8. The average molecular weight is 435 g/mol. The molecule has 2 aromatic carbocycles. The standard InChI is InChI=1S/C20H23BrN2O4/c1-25-19-10-15(8-16(21)20(19)24)12-23-6-4-22(5-7-23)11-14-2-3-17-18(9-14)27-13-26-17/h2-3,8-10,24H,4-7,11-13H2,1H3. The van der Waals surface area contributed by atoms with Crippen molar-refractivity contribution in [1.29, 1.82) is 0 Å². The SMILES string of the molecule is COc1cc(CN2CCN(Cc3ccc4c(c3)OCO4)CC2)cc(Br)c1O. The number of ether oxygens (including phenoxy) is 3. The first-order valence-electron chi connectivity index (χ1n) is 9.01. The van der Waals surface area contributed by atoms with Crippen molar-refractivity contribution < 1.29 is 19.3 Å². The zero-order valence-corrected chi connectivity index (χ0v) is 16.9. The quantitative estimate of drug-likeness (QED) is 0.779. The van der Waals surface area contributed by atoms with Crippen molar-refractivity contribution in [2.24, 2.45) is 0 Å². The molecule has 1 saturated heterocycles. The number of phenols is 1. The van der Waals surface area contributed by atoms with Gasteiger partial charge in [0.25, 0.3) is 0 Å². The Morgan fingerprint density at radius 3 is 2.33 bits per heavy atom. The second-order valence-electron chi connectivity index (χ2n) is 6.87. The van der Waals surface area contributed by atoms with Crippen LogP contribution in [-0.4, -0.2) is 55.0 Å². The maximum Gasteiger partial charge on any atom is 0.231 e. The van der Waals surface area contributed by atoms with Gasteiger partial charge >= 0.3 is 0 Å². The number of halogens is 1. The molecule has 4 rings (SSSR count). The molecule has 0 atom stereocenters. The normalized spacial score (nSPS) is 17.3. The summed E-state index contributed by atoms with van der Waals surface area (Å²) in [6.07, 6.45) is 0. The topological polar surface area (TPSA) is 54.4 Å². The lowest BCUT2D eigenvalue weighted by Crippen LogP contribution is -2.45. The van der Waals surface area contributed by atoms with Gasteiger partial charge in [-0.3, -0.25) is 9.80 Å². The lowest BCUT2D eigenvalue weighted by molar-refractivity contribution is 0.122. The number of nitrogens with zero attached hydrogens (tertiary/aromatic N) is 2. The molecule has 0 aliphatic carbocycles. The van der Waals surface area contributed by atoms with Crippen LogP contribution in [0, 0.1) is 0 Å². The first kappa shape index (κ1) is 18.4. The van der Waals surface area contributed by atoms with Gasteiger partial charge in [0.2, 0.25) is 6.79 Å². The van der Waals surface area contributed by atoms with Crippen LogP contribution in [0.2, 0.25) is 0 Å². The van der Waals surface area contributed by atoms with Crippen molar-refractivity contribution in [3.63, 3.8) is 0 Å². The van der Waals surface area contributed by atoms with E-state index in [0.29, 0.717) is 17.0 Å². The minimum Gasteiger partial charge on any atom is -0.503 e. The summed E-state index contributed by atoms with van der Waals surface area (Å²) in [5.41, 5.74) is 2.38. The van der Waals surface area contributed by atoms with E-state index in [1.165, 1.54) is 5.56 Å². The van der Waals surface area contributed by atoms with E-state index in [1.807, 2.05) is 18.2 Å². The molecule has 144 valence electrons. The molecule has 27 heavy (non-hydrogen) atoms.